The Bertz CT molecular complexity index is 468. The van der Waals surface area contributed by atoms with Crippen LogP contribution in [-0.4, -0.2) is 37.4 Å². The normalized spacial score (nSPS) is 13.5. The van der Waals surface area contributed by atoms with Gasteiger partial charge in [0.2, 0.25) is 0 Å². The summed E-state index contributed by atoms with van der Waals surface area (Å²) in [4.78, 5) is 0.114. The molecule has 9 heteroatoms. The molecule has 6 nitrogen and oxygen atoms in total. The maximum atomic E-state index is 11.0. The number of halogens is 1. The summed E-state index contributed by atoms with van der Waals surface area (Å²) < 4.78 is 24.8. The molecule has 0 aliphatic heterocycles. The van der Waals surface area contributed by atoms with Crippen molar-refractivity contribution in [3.8, 4) is 0 Å². The summed E-state index contributed by atoms with van der Waals surface area (Å²) in [7, 11) is -3.62. The zero-order valence-corrected chi connectivity index (χ0v) is 15.3. The second-order valence-electron chi connectivity index (χ2n) is 3.97. The first-order valence-corrected chi connectivity index (χ1v) is 7.22. The van der Waals surface area contributed by atoms with E-state index in [1.165, 1.54) is 12.1 Å². The van der Waals surface area contributed by atoms with Crippen molar-refractivity contribution < 1.29 is 48.2 Å². The molecule has 0 aromatic heterocycles. The first-order chi connectivity index (χ1) is 8.74. The van der Waals surface area contributed by atoms with Crippen LogP contribution in [0.25, 0.3) is 4.24 Å². The average Bonchev–Trinajstić information content (AvgIpc) is 2.39. The number of nitrogens with two attached hydrogens (primary N) is 1. The molecule has 2 atom stereocenters. The van der Waals surface area contributed by atoms with Crippen molar-refractivity contribution in [2.45, 2.75) is 30.9 Å². The minimum absolute atomic E-state index is 0. The number of hydrogen-bond donors (Lipinski definition) is 3. The van der Waals surface area contributed by atoms with Gasteiger partial charge in [-0.3, -0.25) is 11.8 Å². The molecule has 0 saturated carbocycles. The molecule has 20 heavy (non-hydrogen) atoms. The summed E-state index contributed by atoms with van der Waals surface area (Å²) in [6.07, 6.45) is -0.764. The third kappa shape index (κ3) is 8.56. The van der Waals surface area contributed by atoms with Gasteiger partial charge in [-0.1, -0.05) is 17.7 Å². The number of rotatable bonds is 4. The molecule has 0 bridgehead atoms. The van der Waals surface area contributed by atoms with Crippen molar-refractivity contribution in [3.05, 3.63) is 34.1 Å². The molecule has 0 radical (unpaired) electrons. The topological polar surface area (TPSA) is 115 Å². The molecule has 4 N–H and O–H groups in total. The van der Waals surface area contributed by atoms with Crippen molar-refractivity contribution in [2.75, 3.05) is 6.61 Å². The number of aliphatic hydroxyl groups is 2. The van der Waals surface area contributed by atoms with Gasteiger partial charge < -0.3 is 20.2 Å². The van der Waals surface area contributed by atoms with E-state index in [0.717, 1.165) is 5.56 Å². The standard InChI is InChI=1S/C7H7ClNO2S.C4H11NO2.Na/c1-6-2-4-7(5-3-6)12(10,11)9-8;1-3(5)4(7)2-6;/h2-5H,1H3;3-4,6-7H,2,5H2,1H3;/q-1;;+1. The van der Waals surface area contributed by atoms with Gasteiger partial charge in [-0.2, -0.15) is 0 Å². The van der Waals surface area contributed by atoms with E-state index in [2.05, 4.69) is 4.24 Å². The molecule has 1 aromatic carbocycles. The third-order valence-electron chi connectivity index (χ3n) is 2.20. The Hall–Kier alpha value is 0.300. The Labute approximate surface area is 146 Å². The summed E-state index contributed by atoms with van der Waals surface area (Å²) in [6.45, 7) is 3.26. The zero-order valence-electron chi connectivity index (χ0n) is 11.7. The third-order valence-corrected chi connectivity index (χ3v) is 3.80. The van der Waals surface area contributed by atoms with E-state index < -0.39 is 16.1 Å². The number of benzene rings is 1. The summed E-state index contributed by atoms with van der Waals surface area (Å²) in [5.74, 6) is 0. The first-order valence-electron chi connectivity index (χ1n) is 5.44. The van der Waals surface area contributed by atoms with Crippen LogP contribution in [0.5, 0.6) is 0 Å². The Morgan fingerprint density at radius 2 is 1.80 bits per heavy atom. The quantitative estimate of drug-likeness (QED) is 0.547. The summed E-state index contributed by atoms with van der Waals surface area (Å²) in [5, 5.41) is 16.7. The fraction of sp³-hybridized carbons (Fsp3) is 0.455. The van der Waals surface area contributed by atoms with E-state index in [4.69, 9.17) is 27.7 Å². The first kappa shape index (κ1) is 22.6. The molecule has 0 spiro atoms. The molecule has 0 fully saturated rings. The molecule has 2 unspecified atom stereocenters. The van der Waals surface area contributed by atoms with Crippen LogP contribution in [-0.2, 0) is 10.0 Å². The van der Waals surface area contributed by atoms with Gasteiger partial charge in [0.1, 0.15) is 10.0 Å². The Kier molecular flexibility index (Phi) is 12.4. The molecule has 0 heterocycles. The number of aliphatic hydroxyl groups excluding tert-OH is 2. The van der Waals surface area contributed by atoms with E-state index in [0.29, 0.717) is 0 Å². The van der Waals surface area contributed by atoms with Gasteiger partial charge in [-0.15, -0.1) is 0 Å². The van der Waals surface area contributed by atoms with Crippen LogP contribution in [0.1, 0.15) is 12.5 Å². The number of aryl methyl sites for hydroxylation is 1. The molecule has 110 valence electrons. The van der Waals surface area contributed by atoms with Crippen molar-refractivity contribution in [1.29, 1.82) is 0 Å². The van der Waals surface area contributed by atoms with E-state index in [9.17, 15) is 8.42 Å². The van der Waals surface area contributed by atoms with Gasteiger partial charge in [-0.25, -0.2) is 8.42 Å². The van der Waals surface area contributed by atoms with Gasteiger partial charge in [-0.05, 0) is 26.0 Å². The summed E-state index contributed by atoms with van der Waals surface area (Å²) in [6, 6.07) is 5.99. The minimum atomic E-state index is -3.62. The fourth-order valence-electron chi connectivity index (χ4n) is 0.916. The van der Waals surface area contributed by atoms with E-state index >= 15 is 0 Å². The van der Waals surface area contributed by atoms with Crippen molar-refractivity contribution in [1.82, 2.24) is 0 Å². The fourth-order valence-corrected chi connectivity index (χ4v) is 1.72. The maximum Gasteiger partial charge on any atom is 1.00 e. The van der Waals surface area contributed by atoms with Crippen LogP contribution in [0.4, 0.5) is 0 Å². The van der Waals surface area contributed by atoms with Crippen LogP contribution in [0, 0.1) is 6.92 Å². The average molecular weight is 333 g/mol. The molecule has 1 rings (SSSR count). The predicted molar refractivity (Wildman–Crippen MR) is 74.3 cm³/mol. The molecular formula is C11H18ClN2NaO4S. The largest absolute Gasteiger partial charge is 1.00 e. The SMILES string of the molecule is CC(N)C(O)CO.Cc1ccc(S(=O)(=O)[N-]Cl)cc1.[Na+]. The Morgan fingerprint density at radius 3 is 2.05 bits per heavy atom. The van der Waals surface area contributed by atoms with Crippen LogP contribution < -0.4 is 35.3 Å². The van der Waals surface area contributed by atoms with Crippen molar-refractivity contribution in [2.24, 2.45) is 5.73 Å². The molecular weight excluding hydrogens is 315 g/mol. The van der Waals surface area contributed by atoms with Gasteiger partial charge in [0.05, 0.1) is 12.7 Å². The predicted octanol–water partition coefficient (Wildman–Crippen LogP) is -2.10. The van der Waals surface area contributed by atoms with Crippen LogP contribution in [0.15, 0.2) is 29.2 Å². The molecule has 0 saturated heterocycles. The van der Waals surface area contributed by atoms with E-state index in [1.807, 2.05) is 6.92 Å². The number of sulfonamides is 1. The second kappa shape index (κ2) is 10.9. The summed E-state index contributed by atoms with van der Waals surface area (Å²) >= 11 is 4.90. The van der Waals surface area contributed by atoms with Gasteiger partial charge in [0, 0.05) is 10.9 Å². The number of nitrogens with zero attached hydrogens (tertiary/aromatic N) is 1. The Balaban J connectivity index is 0. The minimum Gasteiger partial charge on any atom is -0.458 e. The van der Waals surface area contributed by atoms with Crippen molar-refractivity contribution >= 4 is 21.8 Å². The van der Waals surface area contributed by atoms with E-state index in [1.54, 1.807) is 19.1 Å². The molecule has 1 aromatic rings. The molecule has 0 aliphatic carbocycles. The van der Waals surface area contributed by atoms with Crippen molar-refractivity contribution in [3.63, 3.8) is 0 Å². The van der Waals surface area contributed by atoms with Gasteiger partial charge in [0.15, 0.2) is 0 Å². The summed E-state index contributed by atoms with van der Waals surface area (Å²) in [5.41, 5.74) is 6.13. The second-order valence-corrected chi connectivity index (χ2v) is 5.94. The zero-order chi connectivity index (χ0) is 15.1. The monoisotopic (exact) mass is 332 g/mol. The van der Waals surface area contributed by atoms with Crippen LogP contribution in [0.2, 0.25) is 0 Å². The van der Waals surface area contributed by atoms with Crippen LogP contribution >= 0.6 is 11.8 Å². The molecule has 0 amide bonds. The van der Waals surface area contributed by atoms with Gasteiger partial charge in [0.25, 0.3) is 0 Å². The smallest absolute Gasteiger partial charge is 0.458 e. The maximum absolute atomic E-state index is 11.0. The number of hydrogen-bond acceptors (Lipinski definition) is 5. The Morgan fingerprint density at radius 1 is 1.35 bits per heavy atom. The molecule has 0 aliphatic rings. The van der Waals surface area contributed by atoms with Gasteiger partial charge >= 0.3 is 29.6 Å². The van der Waals surface area contributed by atoms with Crippen LogP contribution in [0.3, 0.4) is 0 Å². The van der Waals surface area contributed by atoms with E-state index in [-0.39, 0.29) is 47.1 Å².